The summed E-state index contributed by atoms with van der Waals surface area (Å²) >= 11 is 6.51. The van der Waals surface area contributed by atoms with Crippen LogP contribution in [0.15, 0.2) is 83.8 Å². The lowest BCUT2D eigenvalue weighted by atomic mass is 10.2. The van der Waals surface area contributed by atoms with Crippen molar-refractivity contribution < 1.29 is 13.2 Å². The van der Waals surface area contributed by atoms with Gasteiger partial charge in [-0.25, -0.2) is 13.2 Å². The number of aromatic nitrogens is 3. The number of hydrogen-bond donors (Lipinski definition) is 0. The lowest BCUT2D eigenvalue weighted by Crippen LogP contribution is -2.31. The Balaban J connectivity index is 1.56. The molecule has 0 N–H and O–H groups in total. The summed E-state index contributed by atoms with van der Waals surface area (Å²) in [4.78, 5) is 17.8. The van der Waals surface area contributed by atoms with Crippen LogP contribution in [0.1, 0.15) is 12.5 Å². The van der Waals surface area contributed by atoms with Gasteiger partial charge in [-0.05, 0) is 42.8 Å². The van der Waals surface area contributed by atoms with E-state index in [4.69, 9.17) is 16.3 Å². The number of fused-ring (bicyclic) bond motifs is 1. The SMILES string of the molecule is C=CS(=O)(=O)N1CCC(n2c(=O)n(-c3ccc(Oc4ccccc4)c(Cl)c3)c3cnccc32)C1. The highest BCUT2D eigenvalue weighted by Gasteiger charge is 2.33. The smallest absolute Gasteiger partial charge is 0.334 e. The highest BCUT2D eigenvalue weighted by molar-refractivity contribution is 7.92. The molecule has 1 saturated heterocycles. The minimum absolute atomic E-state index is 0.195. The largest absolute Gasteiger partial charge is 0.456 e. The average Bonchev–Trinajstić information content (AvgIpc) is 3.44. The number of nitrogens with zero attached hydrogens (tertiary/aromatic N) is 4. The molecule has 1 atom stereocenters. The normalized spacial score (nSPS) is 16.7. The van der Waals surface area contributed by atoms with Gasteiger partial charge in [0.25, 0.3) is 0 Å². The summed E-state index contributed by atoms with van der Waals surface area (Å²) in [5.74, 6) is 1.11. The van der Waals surface area contributed by atoms with E-state index in [9.17, 15) is 13.2 Å². The van der Waals surface area contributed by atoms with Crippen LogP contribution in [-0.4, -0.2) is 39.9 Å². The predicted octanol–water partition coefficient (Wildman–Crippen LogP) is 4.35. The van der Waals surface area contributed by atoms with Crippen molar-refractivity contribution in [3.63, 3.8) is 0 Å². The summed E-state index contributed by atoms with van der Waals surface area (Å²) in [6.45, 7) is 3.91. The Morgan fingerprint density at radius 1 is 1.12 bits per heavy atom. The average molecular weight is 497 g/mol. The fourth-order valence-electron chi connectivity index (χ4n) is 4.26. The summed E-state index contributed by atoms with van der Waals surface area (Å²) in [5, 5.41) is 1.29. The van der Waals surface area contributed by atoms with Crippen molar-refractivity contribution in [2.75, 3.05) is 13.1 Å². The number of rotatable bonds is 6. The van der Waals surface area contributed by atoms with Gasteiger partial charge in [-0.1, -0.05) is 36.4 Å². The van der Waals surface area contributed by atoms with Crippen LogP contribution in [0.4, 0.5) is 0 Å². The fraction of sp³-hybridized carbons (Fsp3) is 0.167. The lowest BCUT2D eigenvalue weighted by molar-refractivity contribution is 0.457. The zero-order valence-corrected chi connectivity index (χ0v) is 19.6. The lowest BCUT2D eigenvalue weighted by Gasteiger charge is -2.14. The van der Waals surface area contributed by atoms with E-state index in [2.05, 4.69) is 11.6 Å². The van der Waals surface area contributed by atoms with Crippen molar-refractivity contribution in [3.8, 4) is 17.2 Å². The van der Waals surface area contributed by atoms with Crippen LogP contribution in [0.3, 0.4) is 0 Å². The topological polar surface area (TPSA) is 86.4 Å². The summed E-state index contributed by atoms with van der Waals surface area (Å²) in [6, 6.07) is 15.8. The Labute approximate surface area is 201 Å². The number of pyridine rings is 1. The summed E-state index contributed by atoms with van der Waals surface area (Å²) < 4.78 is 34.8. The second-order valence-electron chi connectivity index (χ2n) is 7.89. The molecule has 0 bridgehead atoms. The molecule has 10 heteroatoms. The van der Waals surface area contributed by atoms with Gasteiger partial charge in [0.2, 0.25) is 10.0 Å². The Hall–Kier alpha value is -3.40. The van der Waals surface area contributed by atoms with Crippen molar-refractivity contribution >= 4 is 32.7 Å². The highest BCUT2D eigenvalue weighted by atomic mass is 35.5. The Kier molecular flexibility index (Phi) is 5.76. The van der Waals surface area contributed by atoms with Gasteiger partial charge in [0.1, 0.15) is 11.5 Å². The molecular weight excluding hydrogens is 476 g/mol. The van der Waals surface area contributed by atoms with E-state index in [0.29, 0.717) is 46.2 Å². The van der Waals surface area contributed by atoms with Crippen LogP contribution >= 0.6 is 11.6 Å². The molecule has 0 spiro atoms. The van der Waals surface area contributed by atoms with E-state index < -0.39 is 10.0 Å². The first-order valence-electron chi connectivity index (χ1n) is 10.6. The van der Waals surface area contributed by atoms with E-state index in [-0.39, 0.29) is 18.3 Å². The number of para-hydroxylation sites is 1. The van der Waals surface area contributed by atoms with Gasteiger partial charge in [0, 0.05) is 24.7 Å². The molecular formula is C24H21ClN4O4S. The van der Waals surface area contributed by atoms with Crippen LogP contribution in [0.5, 0.6) is 11.5 Å². The number of hydrogen-bond acceptors (Lipinski definition) is 5. The van der Waals surface area contributed by atoms with Crippen LogP contribution in [0.25, 0.3) is 16.7 Å². The molecule has 1 unspecified atom stereocenters. The quantitative estimate of drug-likeness (QED) is 0.396. The Bertz CT molecular complexity index is 1550. The number of imidazole rings is 1. The van der Waals surface area contributed by atoms with E-state index in [1.165, 1.54) is 8.87 Å². The van der Waals surface area contributed by atoms with E-state index >= 15 is 0 Å². The monoisotopic (exact) mass is 496 g/mol. The highest BCUT2D eigenvalue weighted by Crippen LogP contribution is 2.33. The van der Waals surface area contributed by atoms with Gasteiger partial charge < -0.3 is 4.74 Å². The van der Waals surface area contributed by atoms with Crippen LogP contribution in [-0.2, 0) is 10.0 Å². The molecule has 2 aromatic heterocycles. The molecule has 34 heavy (non-hydrogen) atoms. The molecule has 1 aliphatic heterocycles. The molecule has 174 valence electrons. The maximum absolute atomic E-state index is 13.6. The fourth-order valence-corrected chi connectivity index (χ4v) is 5.42. The predicted molar refractivity (Wildman–Crippen MR) is 131 cm³/mol. The van der Waals surface area contributed by atoms with Crippen molar-refractivity contribution in [1.29, 1.82) is 0 Å². The van der Waals surface area contributed by atoms with Crippen LogP contribution in [0, 0.1) is 0 Å². The first-order chi connectivity index (χ1) is 16.4. The first-order valence-corrected chi connectivity index (χ1v) is 12.5. The molecule has 5 rings (SSSR count). The number of ether oxygens (including phenoxy) is 1. The van der Waals surface area contributed by atoms with Gasteiger partial charge >= 0.3 is 5.69 Å². The zero-order chi connectivity index (χ0) is 23.9. The zero-order valence-electron chi connectivity index (χ0n) is 18.0. The molecule has 2 aromatic carbocycles. The minimum Gasteiger partial charge on any atom is -0.456 e. The molecule has 0 amide bonds. The van der Waals surface area contributed by atoms with E-state index in [0.717, 1.165) is 5.41 Å². The third-order valence-electron chi connectivity index (χ3n) is 5.88. The Morgan fingerprint density at radius 3 is 2.65 bits per heavy atom. The number of halogens is 1. The number of sulfonamides is 1. The van der Waals surface area contributed by atoms with Gasteiger partial charge in [-0.15, -0.1) is 0 Å². The maximum Gasteiger partial charge on any atom is 0.334 e. The molecule has 1 fully saturated rings. The van der Waals surface area contributed by atoms with Gasteiger partial charge in [-0.3, -0.25) is 14.1 Å². The maximum atomic E-state index is 13.6. The van der Waals surface area contributed by atoms with Gasteiger partial charge in [0.05, 0.1) is 34.0 Å². The third-order valence-corrected chi connectivity index (χ3v) is 7.65. The van der Waals surface area contributed by atoms with Gasteiger partial charge in [-0.2, -0.15) is 4.31 Å². The summed E-state index contributed by atoms with van der Waals surface area (Å²) in [5.41, 5.74) is 1.54. The van der Waals surface area contributed by atoms with Crippen molar-refractivity contribution in [2.45, 2.75) is 12.5 Å². The van der Waals surface area contributed by atoms with E-state index in [1.54, 1.807) is 41.2 Å². The second-order valence-corrected chi connectivity index (χ2v) is 10.2. The van der Waals surface area contributed by atoms with Crippen LogP contribution in [0.2, 0.25) is 5.02 Å². The molecule has 4 aromatic rings. The van der Waals surface area contributed by atoms with Crippen LogP contribution < -0.4 is 10.4 Å². The van der Waals surface area contributed by atoms with E-state index in [1.807, 2.05) is 30.3 Å². The molecule has 0 radical (unpaired) electrons. The third kappa shape index (κ3) is 3.91. The van der Waals surface area contributed by atoms with Crippen molar-refractivity contribution in [3.05, 3.63) is 94.5 Å². The molecule has 3 heterocycles. The molecule has 0 saturated carbocycles. The first kappa shape index (κ1) is 22.4. The van der Waals surface area contributed by atoms with Crippen molar-refractivity contribution in [2.24, 2.45) is 0 Å². The standard InChI is InChI=1S/C24H21ClN4O4S/c1-2-34(31,32)27-13-11-18(16-27)29-21-10-12-26-15-22(21)28(24(29)30)17-8-9-23(20(25)14-17)33-19-6-4-3-5-7-19/h2-10,12,14-15,18H,1,11,13,16H2. The Morgan fingerprint density at radius 2 is 1.91 bits per heavy atom. The molecule has 8 nitrogen and oxygen atoms in total. The minimum atomic E-state index is -3.56. The molecule has 1 aliphatic rings. The number of benzene rings is 2. The second kappa shape index (κ2) is 8.75. The summed E-state index contributed by atoms with van der Waals surface area (Å²) in [7, 11) is -3.56. The summed E-state index contributed by atoms with van der Waals surface area (Å²) in [6.07, 6.45) is 3.74. The van der Waals surface area contributed by atoms with Gasteiger partial charge in [0.15, 0.2) is 0 Å². The van der Waals surface area contributed by atoms with Crippen molar-refractivity contribution in [1.82, 2.24) is 18.4 Å². The molecule has 0 aliphatic carbocycles.